The first-order chi connectivity index (χ1) is 11.3. The second kappa shape index (κ2) is 9.91. The maximum absolute atomic E-state index is 12.6. The van der Waals surface area contributed by atoms with Gasteiger partial charge in [0.05, 0.1) is 0 Å². The molecular formula is C18H26F4N2. The average molecular weight is 346 g/mol. The fourth-order valence-corrected chi connectivity index (χ4v) is 2.65. The van der Waals surface area contributed by atoms with Crippen molar-refractivity contribution >= 4 is 0 Å². The van der Waals surface area contributed by atoms with Gasteiger partial charge in [0.2, 0.25) is 0 Å². The van der Waals surface area contributed by atoms with Gasteiger partial charge in [-0.25, -0.2) is 17.6 Å². The van der Waals surface area contributed by atoms with Gasteiger partial charge in [-0.2, -0.15) is 0 Å². The van der Waals surface area contributed by atoms with Crippen molar-refractivity contribution in [3.8, 4) is 24.7 Å². The van der Waals surface area contributed by atoms with Gasteiger partial charge in [-0.15, -0.1) is 24.7 Å². The normalized spacial score (nSPS) is 23.4. The summed E-state index contributed by atoms with van der Waals surface area (Å²) in [5.41, 5.74) is 0. The number of hydrogen-bond acceptors (Lipinski definition) is 2. The van der Waals surface area contributed by atoms with E-state index in [-0.39, 0.29) is 25.7 Å². The molecule has 2 aliphatic rings. The first kappa shape index (κ1) is 20.8. The summed E-state index contributed by atoms with van der Waals surface area (Å²) in [5, 5.41) is 0. The maximum atomic E-state index is 12.6. The minimum absolute atomic E-state index is 0.0163. The van der Waals surface area contributed by atoms with Crippen molar-refractivity contribution < 1.29 is 17.6 Å². The van der Waals surface area contributed by atoms with Gasteiger partial charge in [0.25, 0.3) is 11.8 Å². The highest BCUT2D eigenvalue weighted by molar-refractivity contribution is 4.87. The number of rotatable bonds is 4. The quantitative estimate of drug-likeness (QED) is 0.568. The molecule has 2 rings (SSSR count). The van der Waals surface area contributed by atoms with Crippen molar-refractivity contribution in [1.82, 2.24) is 9.80 Å². The van der Waals surface area contributed by atoms with Crippen LogP contribution in [0.2, 0.25) is 0 Å². The zero-order chi connectivity index (χ0) is 18.1. The fraction of sp³-hybridized carbons (Fsp3) is 0.778. The molecule has 0 atom stereocenters. The van der Waals surface area contributed by atoms with Crippen molar-refractivity contribution in [3.05, 3.63) is 0 Å². The van der Waals surface area contributed by atoms with Gasteiger partial charge in [0.1, 0.15) is 0 Å². The Kier molecular flexibility index (Phi) is 8.59. The molecule has 24 heavy (non-hydrogen) atoms. The summed E-state index contributed by atoms with van der Waals surface area (Å²) in [6.45, 7) is 3.44. The van der Waals surface area contributed by atoms with Crippen LogP contribution in [0.3, 0.4) is 0 Å². The summed E-state index contributed by atoms with van der Waals surface area (Å²) in [4.78, 5) is 3.99. The molecule has 0 saturated carbocycles. The van der Waals surface area contributed by atoms with Gasteiger partial charge >= 0.3 is 0 Å². The lowest BCUT2D eigenvalue weighted by Gasteiger charge is -2.31. The minimum Gasteiger partial charge on any atom is -0.302 e. The van der Waals surface area contributed by atoms with Crippen LogP contribution in [0.5, 0.6) is 0 Å². The third-order valence-electron chi connectivity index (χ3n) is 4.32. The van der Waals surface area contributed by atoms with Gasteiger partial charge in [0.15, 0.2) is 0 Å². The van der Waals surface area contributed by atoms with Crippen LogP contribution >= 0.6 is 0 Å². The predicted octanol–water partition coefficient (Wildman–Crippen LogP) is 3.48. The monoisotopic (exact) mass is 346 g/mol. The van der Waals surface area contributed by atoms with Gasteiger partial charge in [-0.1, -0.05) is 0 Å². The molecule has 0 radical (unpaired) electrons. The van der Waals surface area contributed by atoms with Crippen LogP contribution in [0.1, 0.15) is 38.5 Å². The molecular weight excluding hydrogens is 320 g/mol. The van der Waals surface area contributed by atoms with E-state index in [2.05, 4.69) is 11.8 Å². The van der Waals surface area contributed by atoms with Crippen molar-refractivity contribution in [2.24, 2.45) is 0 Å². The molecule has 6 heteroatoms. The molecule has 2 heterocycles. The molecule has 0 unspecified atom stereocenters. The second-order valence-corrected chi connectivity index (χ2v) is 6.30. The van der Waals surface area contributed by atoms with E-state index in [9.17, 15) is 17.6 Å². The first-order valence-electron chi connectivity index (χ1n) is 8.35. The highest BCUT2D eigenvalue weighted by Crippen LogP contribution is 2.28. The first-order valence-corrected chi connectivity index (χ1v) is 8.35. The van der Waals surface area contributed by atoms with Crippen molar-refractivity contribution in [1.29, 1.82) is 0 Å². The highest BCUT2D eigenvalue weighted by atomic mass is 19.3. The Morgan fingerprint density at radius 3 is 1.21 bits per heavy atom. The molecule has 0 spiro atoms. The van der Waals surface area contributed by atoms with E-state index in [1.165, 1.54) is 0 Å². The van der Waals surface area contributed by atoms with Crippen LogP contribution in [-0.4, -0.2) is 60.9 Å². The molecule has 2 nitrogen and oxygen atoms in total. The summed E-state index contributed by atoms with van der Waals surface area (Å²) in [6, 6.07) is 0. The van der Waals surface area contributed by atoms with E-state index in [0.29, 0.717) is 39.0 Å². The van der Waals surface area contributed by atoms with E-state index in [1.54, 1.807) is 0 Å². The molecule has 136 valence electrons. The van der Waals surface area contributed by atoms with Crippen LogP contribution in [-0.2, 0) is 0 Å². The Bertz CT molecular complexity index is 389. The lowest BCUT2D eigenvalue weighted by Crippen LogP contribution is -2.39. The molecule has 2 fully saturated rings. The summed E-state index contributed by atoms with van der Waals surface area (Å²) >= 11 is 0. The number of piperidine rings is 2. The molecule has 0 aromatic carbocycles. The minimum atomic E-state index is -2.44. The number of terminal acetylenes is 2. The van der Waals surface area contributed by atoms with Gasteiger partial charge < -0.3 is 9.80 Å². The third-order valence-corrected chi connectivity index (χ3v) is 4.32. The van der Waals surface area contributed by atoms with Crippen molar-refractivity contribution in [2.75, 3.05) is 39.3 Å². The maximum Gasteiger partial charge on any atom is 0.250 e. The number of hydrogen-bond donors (Lipinski definition) is 0. The summed E-state index contributed by atoms with van der Waals surface area (Å²) in [6.07, 6.45) is 11.4. The van der Waals surface area contributed by atoms with E-state index < -0.39 is 11.8 Å². The van der Waals surface area contributed by atoms with E-state index in [4.69, 9.17) is 12.8 Å². The fourth-order valence-electron chi connectivity index (χ4n) is 2.65. The summed E-state index contributed by atoms with van der Waals surface area (Å²) in [5.74, 6) is 0.137. The predicted molar refractivity (Wildman–Crippen MR) is 88.1 cm³/mol. The van der Waals surface area contributed by atoms with E-state index >= 15 is 0 Å². The van der Waals surface area contributed by atoms with Crippen LogP contribution < -0.4 is 0 Å². The van der Waals surface area contributed by atoms with Crippen LogP contribution in [0, 0.1) is 24.7 Å². The molecule has 2 aliphatic heterocycles. The van der Waals surface area contributed by atoms with Crippen molar-refractivity contribution in [2.45, 2.75) is 50.4 Å². The van der Waals surface area contributed by atoms with Crippen molar-refractivity contribution in [3.63, 3.8) is 0 Å². The van der Waals surface area contributed by atoms with E-state index in [0.717, 1.165) is 13.1 Å². The van der Waals surface area contributed by atoms with Crippen LogP contribution in [0.15, 0.2) is 0 Å². The Morgan fingerprint density at radius 2 is 0.958 bits per heavy atom. The number of halogens is 4. The number of alkyl halides is 4. The standard InChI is InChI=1S/2C9H13F2N/c2*1-2-3-6-12-7-4-9(10,11)5-8-12/h2*1H,3-8H2. The van der Waals surface area contributed by atoms with E-state index in [1.807, 2.05) is 9.80 Å². The molecule has 0 aromatic heterocycles. The van der Waals surface area contributed by atoms with Gasteiger partial charge in [0, 0.05) is 77.8 Å². The summed E-state index contributed by atoms with van der Waals surface area (Å²) < 4.78 is 50.5. The zero-order valence-electron chi connectivity index (χ0n) is 14.0. The van der Waals surface area contributed by atoms with Gasteiger partial charge in [-0.05, 0) is 0 Å². The lowest BCUT2D eigenvalue weighted by atomic mass is 10.1. The average Bonchev–Trinajstić information content (AvgIpc) is 2.53. The molecule has 2 saturated heterocycles. The summed E-state index contributed by atoms with van der Waals surface area (Å²) in [7, 11) is 0. The Balaban J connectivity index is 0.000000240. The molecule has 0 bridgehead atoms. The Labute approximate surface area is 142 Å². The van der Waals surface area contributed by atoms with Crippen LogP contribution in [0.4, 0.5) is 17.6 Å². The molecule has 0 amide bonds. The van der Waals surface area contributed by atoms with Crippen LogP contribution in [0.25, 0.3) is 0 Å². The molecule has 0 aliphatic carbocycles. The smallest absolute Gasteiger partial charge is 0.250 e. The Morgan fingerprint density at radius 1 is 0.667 bits per heavy atom. The number of nitrogens with zero attached hydrogens (tertiary/aromatic N) is 2. The largest absolute Gasteiger partial charge is 0.302 e. The van der Waals surface area contributed by atoms with Gasteiger partial charge in [-0.3, -0.25) is 0 Å². The molecule has 0 aromatic rings. The highest BCUT2D eigenvalue weighted by Gasteiger charge is 2.34. The number of likely N-dealkylation sites (tertiary alicyclic amines) is 2. The molecule has 0 N–H and O–H groups in total. The Hall–Kier alpha value is -1.24. The SMILES string of the molecule is C#CCCN1CCC(F)(F)CC1.C#CCCN1CCC(F)(F)CC1. The lowest BCUT2D eigenvalue weighted by molar-refractivity contribution is -0.0551. The third kappa shape index (κ3) is 8.57. The zero-order valence-corrected chi connectivity index (χ0v) is 14.0. The topological polar surface area (TPSA) is 6.48 Å². The second-order valence-electron chi connectivity index (χ2n) is 6.30.